The summed E-state index contributed by atoms with van der Waals surface area (Å²) in [6.07, 6.45) is 1.33. The Balaban J connectivity index is 2.22. The molecule has 1 aliphatic rings. The van der Waals surface area contributed by atoms with Gasteiger partial charge in [-0.1, -0.05) is 24.6 Å². The van der Waals surface area contributed by atoms with Gasteiger partial charge in [-0.3, -0.25) is 9.69 Å². The summed E-state index contributed by atoms with van der Waals surface area (Å²) in [5.41, 5.74) is 0.445. The van der Waals surface area contributed by atoms with Crippen LogP contribution in [0.3, 0.4) is 0 Å². The maximum absolute atomic E-state index is 14.4. The highest BCUT2D eigenvalue weighted by molar-refractivity contribution is 6.31. The molecule has 0 bridgehead atoms. The Morgan fingerprint density at radius 3 is 3.00 bits per heavy atom. The summed E-state index contributed by atoms with van der Waals surface area (Å²) in [5, 5.41) is 3.29. The Bertz CT molecular complexity index is 521. The van der Waals surface area contributed by atoms with E-state index in [2.05, 4.69) is 10.2 Å². The molecule has 0 aromatic heterocycles. The first-order valence-electron chi connectivity index (χ1n) is 8.09. The highest BCUT2D eigenvalue weighted by Gasteiger charge is 2.29. The molecule has 0 saturated carbocycles. The summed E-state index contributed by atoms with van der Waals surface area (Å²) in [4.78, 5) is 13.9. The van der Waals surface area contributed by atoms with E-state index in [0.717, 1.165) is 6.42 Å². The Labute approximate surface area is 141 Å². The van der Waals surface area contributed by atoms with Crippen molar-refractivity contribution in [3.05, 3.63) is 34.6 Å². The van der Waals surface area contributed by atoms with Crippen LogP contribution in [0.5, 0.6) is 0 Å². The number of carbonyl (C=O) groups excluding carboxylic acids is 1. The van der Waals surface area contributed by atoms with Crippen LogP contribution in [0.2, 0.25) is 5.02 Å². The molecule has 1 N–H and O–H groups in total. The topological polar surface area (TPSA) is 41.6 Å². The SMILES string of the molecule is CCCC(=O)NC[C@H](c1c(F)cccc1Cl)N1CCO[C@H](C)C1. The minimum Gasteiger partial charge on any atom is -0.376 e. The van der Waals surface area contributed by atoms with Gasteiger partial charge in [-0.2, -0.15) is 0 Å². The third-order valence-electron chi connectivity index (χ3n) is 4.02. The van der Waals surface area contributed by atoms with E-state index in [4.69, 9.17) is 16.3 Å². The molecule has 0 spiro atoms. The number of hydrogen-bond donors (Lipinski definition) is 1. The van der Waals surface area contributed by atoms with E-state index < -0.39 is 0 Å². The van der Waals surface area contributed by atoms with Crippen LogP contribution in [0.4, 0.5) is 4.39 Å². The van der Waals surface area contributed by atoms with Gasteiger partial charge in [-0.05, 0) is 25.5 Å². The molecule has 23 heavy (non-hydrogen) atoms. The van der Waals surface area contributed by atoms with Crippen LogP contribution in [-0.2, 0) is 9.53 Å². The highest BCUT2D eigenvalue weighted by atomic mass is 35.5. The minimum absolute atomic E-state index is 0.0220. The average Bonchev–Trinajstić information content (AvgIpc) is 2.50. The van der Waals surface area contributed by atoms with Gasteiger partial charge in [0, 0.05) is 36.6 Å². The molecule has 128 valence electrons. The molecular weight excluding hydrogens is 319 g/mol. The Morgan fingerprint density at radius 2 is 2.35 bits per heavy atom. The van der Waals surface area contributed by atoms with Gasteiger partial charge >= 0.3 is 0 Å². The van der Waals surface area contributed by atoms with Crippen LogP contribution in [0.25, 0.3) is 0 Å². The highest BCUT2D eigenvalue weighted by Crippen LogP contribution is 2.31. The summed E-state index contributed by atoms with van der Waals surface area (Å²) in [7, 11) is 0. The zero-order chi connectivity index (χ0) is 16.8. The molecule has 2 atom stereocenters. The number of rotatable bonds is 6. The molecule has 0 aliphatic carbocycles. The largest absolute Gasteiger partial charge is 0.376 e. The molecule has 0 radical (unpaired) electrons. The van der Waals surface area contributed by atoms with Crippen molar-refractivity contribution in [2.45, 2.75) is 38.8 Å². The van der Waals surface area contributed by atoms with E-state index in [1.165, 1.54) is 6.07 Å². The molecule has 1 aromatic carbocycles. The lowest BCUT2D eigenvalue weighted by atomic mass is 10.0. The van der Waals surface area contributed by atoms with Crippen molar-refractivity contribution in [1.82, 2.24) is 10.2 Å². The van der Waals surface area contributed by atoms with Crippen LogP contribution in [-0.4, -0.2) is 43.2 Å². The normalized spacial score (nSPS) is 20.3. The predicted octanol–water partition coefficient (Wildman–Crippen LogP) is 3.16. The van der Waals surface area contributed by atoms with Crippen LogP contribution in [0.15, 0.2) is 18.2 Å². The maximum atomic E-state index is 14.4. The number of benzene rings is 1. The van der Waals surface area contributed by atoms with Gasteiger partial charge in [0.25, 0.3) is 0 Å². The molecule has 1 aliphatic heterocycles. The van der Waals surface area contributed by atoms with Gasteiger partial charge in [0.1, 0.15) is 5.82 Å². The molecule has 4 nitrogen and oxygen atoms in total. The average molecular weight is 343 g/mol. The molecule has 2 rings (SSSR count). The number of morpholine rings is 1. The smallest absolute Gasteiger partial charge is 0.220 e. The van der Waals surface area contributed by atoms with Gasteiger partial charge in [-0.15, -0.1) is 0 Å². The molecule has 1 amide bonds. The van der Waals surface area contributed by atoms with E-state index in [-0.39, 0.29) is 23.9 Å². The summed E-state index contributed by atoms with van der Waals surface area (Å²) in [6.45, 7) is 6.23. The second-order valence-electron chi connectivity index (χ2n) is 5.88. The van der Waals surface area contributed by atoms with Crippen LogP contribution in [0, 0.1) is 5.82 Å². The van der Waals surface area contributed by atoms with E-state index >= 15 is 0 Å². The fraction of sp³-hybridized carbons (Fsp3) is 0.588. The van der Waals surface area contributed by atoms with E-state index in [9.17, 15) is 9.18 Å². The first-order valence-corrected chi connectivity index (χ1v) is 8.47. The van der Waals surface area contributed by atoms with E-state index in [1.807, 2.05) is 13.8 Å². The second-order valence-corrected chi connectivity index (χ2v) is 6.29. The molecule has 0 unspecified atom stereocenters. The van der Waals surface area contributed by atoms with Gasteiger partial charge in [0.2, 0.25) is 5.91 Å². The number of carbonyl (C=O) groups is 1. The number of halogens is 2. The number of ether oxygens (including phenoxy) is 1. The molecule has 1 saturated heterocycles. The summed E-state index contributed by atoms with van der Waals surface area (Å²) < 4.78 is 19.9. The molecule has 1 fully saturated rings. The summed E-state index contributed by atoms with van der Waals surface area (Å²) in [6, 6.07) is 4.39. The molecule has 1 aromatic rings. The monoisotopic (exact) mass is 342 g/mol. The van der Waals surface area contributed by atoms with E-state index in [0.29, 0.717) is 43.2 Å². The van der Waals surface area contributed by atoms with Gasteiger partial charge in [0.05, 0.1) is 18.8 Å². The van der Waals surface area contributed by atoms with Crippen molar-refractivity contribution in [2.75, 3.05) is 26.2 Å². The second kappa shape index (κ2) is 8.62. The molecular formula is C17H24ClFN2O2. The number of hydrogen-bond acceptors (Lipinski definition) is 3. The Kier molecular flexibility index (Phi) is 6.81. The zero-order valence-electron chi connectivity index (χ0n) is 13.6. The summed E-state index contributed by atoms with van der Waals surface area (Å²) >= 11 is 6.25. The van der Waals surface area contributed by atoms with Gasteiger partial charge in [0.15, 0.2) is 0 Å². The number of nitrogens with one attached hydrogen (secondary N) is 1. The first kappa shape index (κ1) is 18.2. The lowest BCUT2D eigenvalue weighted by Gasteiger charge is -2.38. The van der Waals surface area contributed by atoms with Crippen molar-refractivity contribution in [2.24, 2.45) is 0 Å². The number of nitrogens with zero attached hydrogens (tertiary/aromatic N) is 1. The van der Waals surface area contributed by atoms with Gasteiger partial charge < -0.3 is 10.1 Å². The maximum Gasteiger partial charge on any atom is 0.220 e. The zero-order valence-corrected chi connectivity index (χ0v) is 14.4. The van der Waals surface area contributed by atoms with Crippen molar-refractivity contribution in [3.8, 4) is 0 Å². The quantitative estimate of drug-likeness (QED) is 0.863. The fourth-order valence-electron chi connectivity index (χ4n) is 2.90. The van der Waals surface area contributed by atoms with Crippen LogP contribution < -0.4 is 5.32 Å². The Hall–Kier alpha value is -1.17. The lowest BCUT2D eigenvalue weighted by Crippen LogP contribution is -2.46. The van der Waals surface area contributed by atoms with Crippen molar-refractivity contribution >= 4 is 17.5 Å². The van der Waals surface area contributed by atoms with Crippen molar-refractivity contribution in [1.29, 1.82) is 0 Å². The van der Waals surface area contributed by atoms with Gasteiger partial charge in [-0.25, -0.2) is 4.39 Å². The third kappa shape index (κ3) is 4.90. The first-order chi connectivity index (χ1) is 11.0. The van der Waals surface area contributed by atoms with E-state index in [1.54, 1.807) is 12.1 Å². The predicted molar refractivity (Wildman–Crippen MR) is 89.1 cm³/mol. The molecule has 6 heteroatoms. The lowest BCUT2D eigenvalue weighted by molar-refractivity contribution is -0.121. The Morgan fingerprint density at radius 1 is 1.57 bits per heavy atom. The fourth-order valence-corrected chi connectivity index (χ4v) is 3.19. The van der Waals surface area contributed by atoms with Crippen molar-refractivity contribution in [3.63, 3.8) is 0 Å². The minimum atomic E-state index is -0.341. The standard InChI is InChI=1S/C17H24ClFN2O2/c1-3-5-16(22)20-10-15(21-8-9-23-12(2)11-21)17-13(18)6-4-7-14(17)19/h4,6-7,12,15H,3,5,8-11H2,1-2H3,(H,20,22)/t12-,15-/m1/s1. The number of amides is 1. The summed E-state index contributed by atoms with van der Waals surface area (Å²) in [5.74, 6) is -0.363. The third-order valence-corrected chi connectivity index (χ3v) is 4.35. The molecule has 1 heterocycles. The van der Waals surface area contributed by atoms with Crippen molar-refractivity contribution < 1.29 is 13.9 Å². The van der Waals surface area contributed by atoms with Crippen LogP contribution in [0.1, 0.15) is 38.3 Å². The van der Waals surface area contributed by atoms with Crippen LogP contribution >= 0.6 is 11.6 Å².